The van der Waals surface area contributed by atoms with Crippen molar-refractivity contribution < 1.29 is 29.5 Å². The van der Waals surface area contributed by atoms with E-state index >= 15 is 0 Å². The van der Waals surface area contributed by atoms with Gasteiger partial charge < -0.3 is 15.5 Å². The van der Waals surface area contributed by atoms with Crippen LogP contribution in [0.4, 0.5) is 11.4 Å². The maximum absolute atomic E-state index is 13.2. The van der Waals surface area contributed by atoms with E-state index in [9.17, 15) is 34.7 Å². The number of amides is 1. The molecule has 0 atom stereocenters. The summed E-state index contributed by atoms with van der Waals surface area (Å²) in [6, 6.07) is 10.2. The van der Waals surface area contributed by atoms with Crippen LogP contribution >= 0.6 is 11.6 Å². The third-order valence-electron chi connectivity index (χ3n) is 4.82. The second-order valence-corrected chi connectivity index (χ2v) is 6.99. The molecule has 3 aromatic carbocycles. The second-order valence-electron chi connectivity index (χ2n) is 6.59. The molecule has 0 heterocycles. The molecule has 4 rings (SSSR count). The van der Waals surface area contributed by atoms with Crippen molar-refractivity contribution in [3.63, 3.8) is 0 Å². The number of fused-ring (bicyclic) bond motifs is 2. The Morgan fingerprint density at radius 3 is 2.10 bits per heavy atom. The summed E-state index contributed by atoms with van der Waals surface area (Å²) in [4.78, 5) is 49.4. The number of ketones is 2. The van der Waals surface area contributed by atoms with Gasteiger partial charge in [0.2, 0.25) is 11.6 Å². The highest BCUT2D eigenvalue weighted by molar-refractivity contribution is 6.35. The topological polar surface area (TPSA) is 147 Å². The van der Waals surface area contributed by atoms with Crippen molar-refractivity contribution in [2.24, 2.45) is 0 Å². The lowest BCUT2D eigenvalue weighted by molar-refractivity contribution is -0.385. The first-order chi connectivity index (χ1) is 14.7. The molecular weight excluding hydrogens is 428 g/mol. The monoisotopic (exact) mass is 438 g/mol. The first kappa shape index (κ1) is 20.0. The van der Waals surface area contributed by atoms with E-state index in [0.717, 1.165) is 18.2 Å². The van der Waals surface area contributed by atoms with Gasteiger partial charge in [0.05, 0.1) is 37.9 Å². The SMILES string of the molecule is O=C(Nc1ccc(O)c2c1C(=O)c1c(O)ccc([N+](=O)[O-])c1C2=O)c1ccccc1Cl. The van der Waals surface area contributed by atoms with Crippen LogP contribution in [0.25, 0.3) is 0 Å². The Morgan fingerprint density at radius 1 is 0.871 bits per heavy atom. The summed E-state index contributed by atoms with van der Waals surface area (Å²) in [6.07, 6.45) is 0. The van der Waals surface area contributed by atoms with E-state index in [4.69, 9.17) is 11.6 Å². The molecule has 154 valence electrons. The summed E-state index contributed by atoms with van der Waals surface area (Å²) < 4.78 is 0. The number of halogens is 1. The maximum atomic E-state index is 13.2. The number of anilines is 1. The Hall–Kier alpha value is -4.24. The zero-order valence-corrected chi connectivity index (χ0v) is 16.1. The molecule has 31 heavy (non-hydrogen) atoms. The van der Waals surface area contributed by atoms with E-state index in [1.807, 2.05) is 0 Å². The van der Waals surface area contributed by atoms with Gasteiger partial charge >= 0.3 is 0 Å². The van der Waals surface area contributed by atoms with Gasteiger partial charge in [-0.1, -0.05) is 23.7 Å². The van der Waals surface area contributed by atoms with Crippen molar-refractivity contribution in [3.8, 4) is 11.5 Å². The van der Waals surface area contributed by atoms with Crippen LogP contribution in [0.5, 0.6) is 11.5 Å². The van der Waals surface area contributed by atoms with Gasteiger partial charge in [0.1, 0.15) is 17.1 Å². The van der Waals surface area contributed by atoms with Gasteiger partial charge in [0, 0.05) is 6.07 Å². The number of nitrogens with one attached hydrogen (secondary N) is 1. The molecule has 3 N–H and O–H groups in total. The van der Waals surface area contributed by atoms with Crippen molar-refractivity contribution >= 4 is 40.4 Å². The number of phenols is 2. The highest BCUT2D eigenvalue weighted by Crippen LogP contribution is 2.43. The fourth-order valence-electron chi connectivity index (χ4n) is 3.44. The molecule has 0 unspecified atom stereocenters. The lowest BCUT2D eigenvalue weighted by Crippen LogP contribution is -2.25. The summed E-state index contributed by atoms with van der Waals surface area (Å²) >= 11 is 6.02. The van der Waals surface area contributed by atoms with E-state index in [-0.39, 0.29) is 16.3 Å². The van der Waals surface area contributed by atoms with E-state index in [0.29, 0.717) is 0 Å². The predicted molar refractivity (Wildman–Crippen MR) is 109 cm³/mol. The van der Waals surface area contributed by atoms with E-state index in [2.05, 4.69) is 5.32 Å². The first-order valence-corrected chi connectivity index (χ1v) is 9.11. The van der Waals surface area contributed by atoms with Crippen molar-refractivity contribution in [1.82, 2.24) is 0 Å². The van der Waals surface area contributed by atoms with E-state index in [1.165, 1.54) is 18.2 Å². The number of nitrogens with zero attached hydrogens (tertiary/aromatic N) is 1. The molecule has 10 heteroatoms. The van der Waals surface area contributed by atoms with Crippen LogP contribution < -0.4 is 5.32 Å². The Morgan fingerprint density at radius 2 is 1.45 bits per heavy atom. The summed E-state index contributed by atoms with van der Waals surface area (Å²) in [5.41, 5.74) is -2.84. The number of hydrogen-bond donors (Lipinski definition) is 3. The van der Waals surface area contributed by atoms with Crippen LogP contribution in [0.2, 0.25) is 5.02 Å². The smallest absolute Gasteiger partial charge is 0.281 e. The molecule has 1 aliphatic rings. The minimum absolute atomic E-state index is 0.0967. The van der Waals surface area contributed by atoms with Crippen LogP contribution in [-0.4, -0.2) is 32.6 Å². The number of nitro benzene ring substituents is 1. The van der Waals surface area contributed by atoms with Crippen LogP contribution in [0.15, 0.2) is 48.5 Å². The third-order valence-corrected chi connectivity index (χ3v) is 5.15. The molecule has 9 nitrogen and oxygen atoms in total. The van der Waals surface area contributed by atoms with Crippen LogP contribution in [0.1, 0.15) is 42.2 Å². The van der Waals surface area contributed by atoms with Gasteiger partial charge in [-0.3, -0.25) is 24.5 Å². The molecule has 1 aliphatic carbocycles. The van der Waals surface area contributed by atoms with Gasteiger partial charge in [0.15, 0.2) is 0 Å². The zero-order chi connectivity index (χ0) is 22.4. The number of phenolic OH excluding ortho intramolecular Hbond substituents is 2. The van der Waals surface area contributed by atoms with Crippen molar-refractivity contribution in [3.05, 3.63) is 91.5 Å². The van der Waals surface area contributed by atoms with Crippen LogP contribution in [0, 0.1) is 10.1 Å². The lowest BCUT2D eigenvalue weighted by Gasteiger charge is -2.22. The Kier molecular flexibility index (Phi) is 4.67. The van der Waals surface area contributed by atoms with Crippen LogP contribution in [0.3, 0.4) is 0 Å². The molecule has 0 saturated heterocycles. The number of rotatable bonds is 3. The molecule has 0 aliphatic heterocycles. The number of carbonyl (C=O) groups excluding carboxylic acids is 3. The van der Waals surface area contributed by atoms with E-state index in [1.54, 1.807) is 12.1 Å². The molecule has 1 amide bonds. The predicted octanol–water partition coefficient (Wildman–Crippen LogP) is 3.69. The summed E-state index contributed by atoms with van der Waals surface area (Å²) in [6.45, 7) is 0. The van der Waals surface area contributed by atoms with Gasteiger partial charge in [-0.15, -0.1) is 0 Å². The van der Waals surface area contributed by atoms with Gasteiger partial charge in [-0.05, 0) is 30.3 Å². The molecule has 0 radical (unpaired) electrons. The molecule has 0 spiro atoms. The Bertz CT molecular complexity index is 1330. The Labute approximate surface area is 178 Å². The fourth-order valence-corrected chi connectivity index (χ4v) is 3.66. The quantitative estimate of drug-likeness (QED) is 0.251. The largest absolute Gasteiger partial charge is 0.507 e. The van der Waals surface area contributed by atoms with Crippen LogP contribution in [-0.2, 0) is 0 Å². The molecule has 3 aromatic rings. The van der Waals surface area contributed by atoms with Gasteiger partial charge in [-0.2, -0.15) is 0 Å². The molecular formula is C21H11ClN2O7. The highest BCUT2D eigenvalue weighted by Gasteiger charge is 2.41. The minimum Gasteiger partial charge on any atom is -0.507 e. The number of benzene rings is 3. The van der Waals surface area contributed by atoms with E-state index < -0.39 is 61.8 Å². The number of aromatic hydroxyl groups is 2. The molecule has 0 bridgehead atoms. The normalized spacial score (nSPS) is 12.2. The molecule has 0 saturated carbocycles. The lowest BCUT2D eigenvalue weighted by atomic mass is 9.81. The maximum Gasteiger partial charge on any atom is 0.281 e. The van der Waals surface area contributed by atoms with Crippen molar-refractivity contribution in [2.45, 2.75) is 0 Å². The van der Waals surface area contributed by atoms with Crippen molar-refractivity contribution in [1.29, 1.82) is 0 Å². The zero-order valence-electron chi connectivity index (χ0n) is 15.4. The second kappa shape index (κ2) is 7.22. The average molecular weight is 439 g/mol. The summed E-state index contributed by atoms with van der Waals surface area (Å²) in [7, 11) is 0. The molecule has 0 aromatic heterocycles. The van der Waals surface area contributed by atoms with Gasteiger partial charge in [0.25, 0.3) is 11.6 Å². The minimum atomic E-state index is -1.03. The number of hydrogen-bond acceptors (Lipinski definition) is 7. The number of carbonyl (C=O) groups is 3. The average Bonchev–Trinajstić information content (AvgIpc) is 2.72. The standard InChI is InChI=1S/C21H11ClN2O7/c22-10-4-2-1-3-9(10)21(29)23-11-5-7-13(25)17-15(11)19(27)18-14(26)8-6-12(24(30)31)16(18)20(17)28/h1-8,25-26H,(H,23,29). The highest BCUT2D eigenvalue weighted by atomic mass is 35.5. The fraction of sp³-hybridized carbons (Fsp3) is 0. The summed E-state index contributed by atoms with van der Waals surface area (Å²) in [5, 5.41) is 34.4. The third kappa shape index (κ3) is 3.08. The first-order valence-electron chi connectivity index (χ1n) is 8.74. The number of nitro groups is 1. The van der Waals surface area contributed by atoms with Crippen molar-refractivity contribution in [2.75, 3.05) is 5.32 Å². The summed E-state index contributed by atoms with van der Waals surface area (Å²) in [5.74, 6) is -3.92. The molecule has 0 fully saturated rings. The van der Waals surface area contributed by atoms with Gasteiger partial charge in [-0.25, -0.2) is 0 Å². The Balaban J connectivity index is 1.91.